The molecule has 0 bridgehead atoms. The number of benzene rings is 1. The van der Waals surface area contributed by atoms with Gasteiger partial charge in [-0.2, -0.15) is 0 Å². The molecule has 1 aromatic carbocycles. The van der Waals surface area contributed by atoms with Crippen LogP contribution < -0.4 is 4.74 Å². The van der Waals surface area contributed by atoms with Crippen molar-refractivity contribution in [2.75, 3.05) is 20.3 Å². The largest absolute Gasteiger partial charge is 0.491 e. The number of ether oxygens (including phenoxy) is 2. The summed E-state index contributed by atoms with van der Waals surface area (Å²) >= 11 is 0. The quantitative estimate of drug-likeness (QED) is 0.646. The Kier molecular flexibility index (Phi) is 4.33. The Labute approximate surface area is 79.5 Å². The van der Waals surface area contributed by atoms with Gasteiger partial charge < -0.3 is 9.47 Å². The molecule has 0 amide bonds. The number of hydrogen-bond donors (Lipinski definition) is 0. The van der Waals surface area contributed by atoms with Gasteiger partial charge in [0.2, 0.25) is 0 Å². The first kappa shape index (κ1) is 10.1. The SMILES string of the molecule is C[CH]c1ccccc1OCCOC. The minimum atomic E-state index is 0.599. The lowest BCUT2D eigenvalue weighted by molar-refractivity contribution is 0.146. The monoisotopic (exact) mass is 179 g/mol. The molecule has 0 heterocycles. The summed E-state index contributed by atoms with van der Waals surface area (Å²) in [5, 5.41) is 0. The maximum atomic E-state index is 5.51. The van der Waals surface area contributed by atoms with Crippen LogP contribution in [0.4, 0.5) is 0 Å². The lowest BCUT2D eigenvalue weighted by Crippen LogP contribution is -2.05. The maximum Gasteiger partial charge on any atom is 0.122 e. The van der Waals surface area contributed by atoms with Crippen molar-refractivity contribution in [2.24, 2.45) is 0 Å². The molecule has 0 saturated heterocycles. The van der Waals surface area contributed by atoms with E-state index < -0.39 is 0 Å². The van der Waals surface area contributed by atoms with E-state index in [9.17, 15) is 0 Å². The molecule has 71 valence electrons. The second kappa shape index (κ2) is 5.60. The number of hydrogen-bond acceptors (Lipinski definition) is 2. The summed E-state index contributed by atoms with van der Waals surface area (Å²) in [6.45, 7) is 3.22. The molecule has 2 heteroatoms. The van der Waals surface area contributed by atoms with E-state index in [1.807, 2.05) is 37.6 Å². The fourth-order valence-corrected chi connectivity index (χ4v) is 1.09. The minimum absolute atomic E-state index is 0.599. The molecule has 0 atom stereocenters. The Morgan fingerprint density at radius 1 is 1.23 bits per heavy atom. The van der Waals surface area contributed by atoms with Crippen molar-refractivity contribution in [2.45, 2.75) is 6.92 Å². The van der Waals surface area contributed by atoms with Crippen molar-refractivity contribution in [1.82, 2.24) is 0 Å². The van der Waals surface area contributed by atoms with Crippen molar-refractivity contribution < 1.29 is 9.47 Å². The highest BCUT2D eigenvalue weighted by molar-refractivity contribution is 5.37. The van der Waals surface area contributed by atoms with Crippen LogP contribution in [0, 0.1) is 6.42 Å². The third-order valence-corrected chi connectivity index (χ3v) is 1.78. The van der Waals surface area contributed by atoms with Crippen molar-refractivity contribution in [1.29, 1.82) is 0 Å². The van der Waals surface area contributed by atoms with Crippen molar-refractivity contribution in [3.8, 4) is 5.75 Å². The van der Waals surface area contributed by atoms with Crippen molar-refractivity contribution in [3.05, 3.63) is 36.2 Å². The molecule has 0 aromatic heterocycles. The zero-order valence-electron chi connectivity index (χ0n) is 8.12. The van der Waals surface area contributed by atoms with E-state index in [-0.39, 0.29) is 0 Å². The highest BCUT2D eigenvalue weighted by Crippen LogP contribution is 2.18. The predicted octanol–water partition coefficient (Wildman–Crippen LogP) is 2.28. The molecular formula is C11H15O2. The lowest BCUT2D eigenvalue weighted by Gasteiger charge is -2.08. The number of para-hydroxylation sites is 1. The summed E-state index contributed by atoms with van der Waals surface area (Å²) in [6.07, 6.45) is 2.03. The zero-order valence-corrected chi connectivity index (χ0v) is 8.12. The Bertz CT molecular complexity index is 246. The van der Waals surface area contributed by atoms with Crippen LogP contribution in [0.3, 0.4) is 0 Å². The molecule has 0 aliphatic heterocycles. The van der Waals surface area contributed by atoms with Crippen LogP contribution in [-0.2, 0) is 4.74 Å². The van der Waals surface area contributed by atoms with Crippen LogP contribution in [0.2, 0.25) is 0 Å². The van der Waals surface area contributed by atoms with Crippen LogP contribution in [0.1, 0.15) is 12.5 Å². The lowest BCUT2D eigenvalue weighted by atomic mass is 10.1. The third kappa shape index (κ3) is 3.07. The number of methoxy groups -OCH3 is 1. The van der Waals surface area contributed by atoms with Gasteiger partial charge in [0.05, 0.1) is 6.61 Å². The summed E-state index contributed by atoms with van der Waals surface area (Å²) in [4.78, 5) is 0. The zero-order chi connectivity index (χ0) is 9.52. The van der Waals surface area contributed by atoms with Crippen LogP contribution in [-0.4, -0.2) is 20.3 Å². The van der Waals surface area contributed by atoms with E-state index in [1.54, 1.807) is 7.11 Å². The summed E-state index contributed by atoms with van der Waals surface area (Å²) < 4.78 is 10.4. The predicted molar refractivity (Wildman–Crippen MR) is 52.9 cm³/mol. The van der Waals surface area contributed by atoms with Gasteiger partial charge in [-0.25, -0.2) is 0 Å². The van der Waals surface area contributed by atoms with Crippen LogP contribution in [0.15, 0.2) is 24.3 Å². The first-order chi connectivity index (χ1) is 6.38. The van der Waals surface area contributed by atoms with Gasteiger partial charge >= 0.3 is 0 Å². The molecule has 2 nitrogen and oxygen atoms in total. The van der Waals surface area contributed by atoms with E-state index in [4.69, 9.17) is 9.47 Å². The molecule has 0 aliphatic rings. The van der Waals surface area contributed by atoms with E-state index in [1.165, 1.54) is 0 Å². The molecule has 0 aliphatic carbocycles. The van der Waals surface area contributed by atoms with Gasteiger partial charge in [0.15, 0.2) is 0 Å². The molecule has 0 spiro atoms. The second-order valence-electron chi connectivity index (χ2n) is 2.67. The summed E-state index contributed by atoms with van der Waals surface area (Å²) in [5.41, 5.74) is 1.12. The van der Waals surface area contributed by atoms with Gasteiger partial charge in [-0.05, 0) is 18.1 Å². The fraction of sp³-hybridized carbons (Fsp3) is 0.364. The van der Waals surface area contributed by atoms with Gasteiger partial charge in [0.25, 0.3) is 0 Å². The average molecular weight is 179 g/mol. The normalized spacial score (nSPS) is 10.0. The van der Waals surface area contributed by atoms with E-state index in [2.05, 4.69) is 0 Å². The third-order valence-electron chi connectivity index (χ3n) is 1.78. The van der Waals surface area contributed by atoms with Crippen molar-refractivity contribution in [3.63, 3.8) is 0 Å². The molecule has 0 N–H and O–H groups in total. The highest BCUT2D eigenvalue weighted by atomic mass is 16.5. The summed E-state index contributed by atoms with van der Waals surface area (Å²) in [6, 6.07) is 7.96. The van der Waals surface area contributed by atoms with E-state index >= 15 is 0 Å². The summed E-state index contributed by atoms with van der Waals surface area (Å²) in [5.74, 6) is 0.919. The Morgan fingerprint density at radius 3 is 2.69 bits per heavy atom. The first-order valence-electron chi connectivity index (χ1n) is 4.38. The molecule has 13 heavy (non-hydrogen) atoms. The smallest absolute Gasteiger partial charge is 0.122 e. The van der Waals surface area contributed by atoms with E-state index in [0.29, 0.717) is 13.2 Å². The van der Waals surface area contributed by atoms with Crippen molar-refractivity contribution >= 4 is 0 Å². The molecule has 0 saturated carbocycles. The number of rotatable bonds is 5. The Balaban J connectivity index is 2.54. The average Bonchev–Trinajstić information content (AvgIpc) is 2.19. The van der Waals surface area contributed by atoms with Gasteiger partial charge in [-0.1, -0.05) is 25.1 Å². The van der Waals surface area contributed by atoms with Gasteiger partial charge in [-0.3, -0.25) is 0 Å². The molecule has 1 radical (unpaired) electrons. The summed E-state index contributed by atoms with van der Waals surface area (Å²) in [7, 11) is 1.67. The van der Waals surface area contributed by atoms with Crippen LogP contribution in [0.5, 0.6) is 5.75 Å². The Morgan fingerprint density at radius 2 is 2.00 bits per heavy atom. The second-order valence-corrected chi connectivity index (χ2v) is 2.67. The van der Waals surface area contributed by atoms with Gasteiger partial charge in [0, 0.05) is 7.11 Å². The molecule has 0 fully saturated rings. The highest BCUT2D eigenvalue weighted by Gasteiger charge is 1.99. The Hall–Kier alpha value is -1.02. The molecular weight excluding hydrogens is 164 g/mol. The fourth-order valence-electron chi connectivity index (χ4n) is 1.09. The van der Waals surface area contributed by atoms with E-state index in [0.717, 1.165) is 11.3 Å². The first-order valence-corrected chi connectivity index (χ1v) is 4.38. The van der Waals surface area contributed by atoms with Crippen LogP contribution >= 0.6 is 0 Å². The van der Waals surface area contributed by atoms with Crippen LogP contribution in [0.25, 0.3) is 0 Å². The topological polar surface area (TPSA) is 18.5 Å². The maximum absolute atomic E-state index is 5.51. The molecule has 1 aromatic rings. The molecule has 1 rings (SSSR count). The molecule has 0 unspecified atom stereocenters. The van der Waals surface area contributed by atoms with Gasteiger partial charge in [0.1, 0.15) is 12.4 Å². The van der Waals surface area contributed by atoms with Gasteiger partial charge in [-0.15, -0.1) is 0 Å². The minimum Gasteiger partial charge on any atom is -0.491 e. The standard InChI is InChI=1S/C11H15O2/c1-3-10-6-4-5-7-11(10)13-9-8-12-2/h3-7H,8-9H2,1-2H3.